The molecule has 2 aromatic rings. The van der Waals surface area contributed by atoms with Crippen LogP contribution >= 0.6 is 0 Å². The Morgan fingerprint density at radius 2 is 2.00 bits per heavy atom. The first-order chi connectivity index (χ1) is 13.3. The highest BCUT2D eigenvalue weighted by molar-refractivity contribution is 5.94. The van der Waals surface area contributed by atoms with Gasteiger partial charge in [0.25, 0.3) is 0 Å². The average molecular weight is 381 g/mol. The Balaban J connectivity index is 1.49. The maximum atomic E-state index is 12.9. The molecule has 2 amide bonds. The van der Waals surface area contributed by atoms with Crippen LogP contribution in [0.4, 0.5) is 4.79 Å². The first-order valence-corrected chi connectivity index (χ1v) is 9.96. The van der Waals surface area contributed by atoms with Crippen LogP contribution in [0.5, 0.6) is 0 Å². The average Bonchev–Trinajstić information content (AvgIpc) is 3.02. The summed E-state index contributed by atoms with van der Waals surface area (Å²) in [5, 5.41) is 0. The molecule has 2 aliphatic heterocycles. The number of nitrogens with zero attached hydrogens (tertiary/aromatic N) is 3. The fraction of sp³-hybridized carbons (Fsp3) is 0.500. The number of fused-ring (bicyclic) bond motifs is 2. The van der Waals surface area contributed by atoms with E-state index in [9.17, 15) is 9.59 Å². The Morgan fingerprint density at radius 1 is 1.25 bits per heavy atom. The number of rotatable bonds is 2. The zero-order valence-electron chi connectivity index (χ0n) is 16.8. The van der Waals surface area contributed by atoms with Gasteiger partial charge in [0.1, 0.15) is 5.60 Å². The highest BCUT2D eigenvalue weighted by Gasteiger charge is 2.36. The molecule has 0 N–H and O–H groups in total. The summed E-state index contributed by atoms with van der Waals surface area (Å²) in [5.41, 5.74) is 4.19. The number of amides is 2. The minimum atomic E-state index is -0.610. The van der Waals surface area contributed by atoms with E-state index in [1.54, 1.807) is 0 Å². The molecule has 2 aliphatic rings. The molecule has 3 heterocycles. The van der Waals surface area contributed by atoms with Crippen molar-refractivity contribution in [3.8, 4) is 0 Å². The number of benzene rings is 1. The zero-order chi connectivity index (χ0) is 19.9. The van der Waals surface area contributed by atoms with Crippen LogP contribution in [-0.4, -0.2) is 38.6 Å². The fourth-order valence-corrected chi connectivity index (χ4v) is 4.08. The van der Waals surface area contributed by atoms with E-state index >= 15 is 0 Å². The number of aromatic nitrogens is 2. The molecule has 4 rings (SSSR count). The normalized spacial score (nSPS) is 19.2. The molecule has 0 saturated carbocycles. The monoisotopic (exact) mass is 381 g/mol. The first kappa shape index (κ1) is 18.7. The number of likely N-dealkylation sites (tertiary alicyclic amines) is 1. The van der Waals surface area contributed by atoms with Gasteiger partial charge in [-0.05, 0) is 44.7 Å². The van der Waals surface area contributed by atoms with Crippen molar-refractivity contribution in [1.29, 1.82) is 0 Å². The predicted molar refractivity (Wildman–Crippen MR) is 105 cm³/mol. The Kier molecular flexibility index (Phi) is 4.73. The number of hydrogen-bond acceptors (Lipinski definition) is 4. The summed E-state index contributed by atoms with van der Waals surface area (Å²) in [6.45, 7) is 6.68. The highest BCUT2D eigenvalue weighted by atomic mass is 16.6. The van der Waals surface area contributed by atoms with Crippen molar-refractivity contribution in [2.24, 2.45) is 5.92 Å². The van der Waals surface area contributed by atoms with Gasteiger partial charge in [0, 0.05) is 37.5 Å². The van der Waals surface area contributed by atoms with Crippen molar-refractivity contribution in [1.82, 2.24) is 14.5 Å². The lowest BCUT2D eigenvalue weighted by molar-refractivity contribution is -0.137. The number of ether oxygens (including phenoxy) is 1. The molecule has 1 aromatic heterocycles. The van der Waals surface area contributed by atoms with Crippen molar-refractivity contribution < 1.29 is 14.3 Å². The number of imidazole rings is 1. The molecule has 1 saturated heterocycles. The van der Waals surface area contributed by atoms with Crippen LogP contribution in [0.1, 0.15) is 56.1 Å². The highest BCUT2D eigenvalue weighted by Crippen LogP contribution is 2.28. The molecule has 6 nitrogen and oxygen atoms in total. The molecular formula is C22H27N3O3. The molecule has 1 fully saturated rings. The molecular weight excluding hydrogens is 354 g/mol. The van der Waals surface area contributed by atoms with Crippen LogP contribution in [0.15, 0.2) is 30.6 Å². The predicted octanol–water partition coefficient (Wildman–Crippen LogP) is 3.55. The SMILES string of the molecule is CC(C)(C)OC(=O)N1CCCC(Cc2ncn3c2Cc2ccccc2C3)C1=O. The van der Waals surface area contributed by atoms with Crippen molar-refractivity contribution >= 4 is 12.0 Å². The third-order valence-corrected chi connectivity index (χ3v) is 5.45. The Morgan fingerprint density at radius 3 is 2.75 bits per heavy atom. The Labute approximate surface area is 165 Å². The molecule has 1 atom stereocenters. The van der Waals surface area contributed by atoms with Crippen LogP contribution in [0.25, 0.3) is 0 Å². The summed E-state index contributed by atoms with van der Waals surface area (Å²) < 4.78 is 7.58. The summed E-state index contributed by atoms with van der Waals surface area (Å²) >= 11 is 0. The summed E-state index contributed by atoms with van der Waals surface area (Å²) in [4.78, 5) is 31.2. The van der Waals surface area contributed by atoms with Crippen molar-refractivity contribution in [3.63, 3.8) is 0 Å². The molecule has 0 aliphatic carbocycles. The van der Waals surface area contributed by atoms with Gasteiger partial charge in [-0.25, -0.2) is 14.7 Å². The maximum Gasteiger partial charge on any atom is 0.417 e. The minimum absolute atomic E-state index is 0.140. The molecule has 6 heteroatoms. The lowest BCUT2D eigenvalue weighted by Crippen LogP contribution is -2.47. The number of piperidine rings is 1. The summed E-state index contributed by atoms with van der Waals surface area (Å²) in [6, 6.07) is 8.44. The van der Waals surface area contributed by atoms with E-state index in [0.29, 0.717) is 13.0 Å². The van der Waals surface area contributed by atoms with Gasteiger partial charge in [-0.2, -0.15) is 0 Å². The topological polar surface area (TPSA) is 64.4 Å². The summed E-state index contributed by atoms with van der Waals surface area (Å²) in [7, 11) is 0. The van der Waals surface area contributed by atoms with Crippen LogP contribution < -0.4 is 0 Å². The van der Waals surface area contributed by atoms with E-state index in [1.165, 1.54) is 21.7 Å². The number of hydrogen-bond donors (Lipinski definition) is 0. The van der Waals surface area contributed by atoms with Crippen LogP contribution in [0, 0.1) is 5.92 Å². The quantitative estimate of drug-likeness (QED) is 0.681. The molecule has 0 bridgehead atoms. The van der Waals surface area contributed by atoms with Gasteiger partial charge in [0.2, 0.25) is 5.91 Å². The second kappa shape index (κ2) is 7.08. The zero-order valence-corrected chi connectivity index (χ0v) is 16.8. The summed E-state index contributed by atoms with van der Waals surface area (Å²) in [5.74, 6) is -0.364. The van der Waals surface area contributed by atoms with Gasteiger partial charge >= 0.3 is 6.09 Å². The fourth-order valence-electron chi connectivity index (χ4n) is 4.08. The molecule has 0 radical (unpaired) electrons. The van der Waals surface area contributed by atoms with Gasteiger partial charge in [-0.15, -0.1) is 0 Å². The summed E-state index contributed by atoms with van der Waals surface area (Å²) in [6.07, 6.45) is 4.32. The second-order valence-corrected chi connectivity index (χ2v) is 8.72. The lowest BCUT2D eigenvalue weighted by atomic mass is 9.90. The van der Waals surface area contributed by atoms with Crippen molar-refractivity contribution in [3.05, 3.63) is 53.1 Å². The Hall–Kier alpha value is -2.63. The van der Waals surface area contributed by atoms with E-state index in [4.69, 9.17) is 4.74 Å². The molecule has 1 unspecified atom stereocenters. The first-order valence-electron chi connectivity index (χ1n) is 9.96. The van der Waals surface area contributed by atoms with Crippen LogP contribution in [0.2, 0.25) is 0 Å². The van der Waals surface area contributed by atoms with Crippen LogP contribution in [-0.2, 0) is 28.9 Å². The number of imide groups is 1. The van der Waals surface area contributed by atoms with Gasteiger partial charge in [-0.3, -0.25) is 4.79 Å². The maximum absolute atomic E-state index is 12.9. The third-order valence-electron chi connectivity index (χ3n) is 5.45. The second-order valence-electron chi connectivity index (χ2n) is 8.72. The van der Waals surface area contributed by atoms with Crippen molar-refractivity contribution in [2.45, 2.75) is 58.6 Å². The van der Waals surface area contributed by atoms with Gasteiger partial charge in [0.15, 0.2) is 0 Å². The van der Waals surface area contributed by atoms with Gasteiger partial charge in [0.05, 0.1) is 12.0 Å². The van der Waals surface area contributed by atoms with Crippen molar-refractivity contribution in [2.75, 3.05) is 6.54 Å². The van der Waals surface area contributed by atoms with E-state index in [-0.39, 0.29) is 11.8 Å². The smallest absolute Gasteiger partial charge is 0.417 e. The number of carbonyl (C=O) groups excluding carboxylic acids is 2. The largest absolute Gasteiger partial charge is 0.443 e. The van der Waals surface area contributed by atoms with E-state index < -0.39 is 11.7 Å². The third kappa shape index (κ3) is 3.68. The molecule has 28 heavy (non-hydrogen) atoms. The van der Waals surface area contributed by atoms with E-state index in [1.807, 2.05) is 27.1 Å². The lowest BCUT2D eigenvalue weighted by Gasteiger charge is -2.32. The van der Waals surface area contributed by atoms with E-state index in [0.717, 1.165) is 31.5 Å². The standard InChI is InChI=1S/C22H27N3O3/c1-22(2,3)28-21(27)25-10-6-9-16(20(25)26)11-18-19-12-15-7-4-5-8-17(15)13-24(19)14-23-18/h4-5,7-8,14,16H,6,9-13H2,1-3H3. The number of carbonyl (C=O) groups is 2. The molecule has 148 valence electrons. The minimum Gasteiger partial charge on any atom is -0.443 e. The van der Waals surface area contributed by atoms with E-state index in [2.05, 4.69) is 33.8 Å². The molecule has 1 aromatic carbocycles. The van der Waals surface area contributed by atoms with Gasteiger partial charge < -0.3 is 9.30 Å². The Bertz CT molecular complexity index is 910. The molecule has 0 spiro atoms. The van der Waals surface area contributed by atoms with Crippen LogP contribution in [0.3, 0.4) is 0 Å². The van der Waals surface area contributed by atoms with Gasteiger partial charge in [-0.1, -0.05) is 24.3 Å².